The van der Waals surface area contributed by atoms with Gasteiger partial charge in [-0.3, -0.25) is 9.82 Å². The van der Waals surface area contributed by atoms with Gasteiger partial charge >= 0.3 is 0 Å². The summed E-state index contributed by atoms with van der Waals surface area (Å²) in [5.74, 6) is 0.268. The Hall–Kier alpha value is -2.75. The maximum absolute atomic E-state index is 12.0. The Balaban J connectivity index is 2.11. The fraction of sp³-hybridized carbons (Fsp3) is 0.0909. The van der Waals surface area contributed by atoms with Gasteiger partial charge in [-0.1, -0.05) is 11.2 Å². The van der Waals surface area contributed by atoms with Crippen LogP contribution in [0, 0.1) is 0 Å². The first kappa shape index (κ1) is 14.7. The Labute approximate surface area is 120 Å². The molecule has 1 heterocycles. The first-order chi connectivity index (χ1) is 10.0. The summed E-state index contributed by atoms with van der Waals surface area (Å²) in [4.78, 5) is 0. The molecule has 2 rings (SSSR count). The van der Waals surface area contributed by atoms with Gasteiger partial charge in [0, 0.05) is 6.07 Å². The van der Waals surface area contributed by atoms with Gasteiger partial charge < -0.3 is 15.7 Å². The van der Waals surface area contributed by atoms with Crippen molar-refractivity contribution in [1.29, 1.82) is 0 Å². The van der Waals surface area contributed by atoms with E-state index in [1.54, 1.807) is 18.2 Å². The third kappa shape index (κ3) is 3.86. The van der Waals surface area contributed by atoms with E-state index in [9.17, 15) is 8.42 Å². The minimum Gasteiger partial charge on any atom is -0.485 e. The standard InChI is InChI=1S/C11H13N5O4S/c12-10(15-17)7-20-9-3-1-2-8(6-9)16-21(18,19)11-4-5-13-14-11/h1-6,16-17H,7H2,(H2,12,15)(H,13,14). The SMILES string of the molecule is N/C(COc1cccc(NS(=O)(=O)c2ccn[nH]2)c1)=N/O. The number of ether oxygens (including phenoxy) is 1. The molecule has 0 aliphatic carbocycles. The Bertz CT molecular complexity index is 727. The molecular weight excluding hydrogens is 298 g/mol. The molecule has 9 nitrogen and oxygen atoms in total. The number of nitrogens with zero attached hydrogens (tertiary/aromatic N) is 2. The summed E-state index contributed by atoms with van der Waals surface area (Å²) in [5.41, 5.74) is 5.58. The molecule has 112 valence electrons. The molecule has 0 bridgehead atoms. The highest BCUT2D eigenvalue weighted by Crippen LogP contribution is 2.20. The summed E-state index contributed by atoms with van der Waals surface area (Å²) >= 11 is 0. The van der Waals surface area contributed by atoms with Crippen molar-refractivity contribution in [3.8, 4) is 5.75 Å². The first-order valence-corrected chi connectivity index (χ1v) is 7.21. The van der Waals surface area contributed by atoms with Crippen molar-refractivity contribution in [3.63, 3.8) is 0 Å². The number of amidine groups is 1. The number of aromatic nitrogens is 2. The van der Waals surface area contributed by atoms with Crippen LogP contribution >= 0.6 is 0 Å². The summed E-state index contributed by atoms with van der Waals surface area (Å²) < 4.78 is 31.6. The van der Waals surface area contributed by atoms with Gasteiger partial charge in [0.25, 0.3) is 10.0 Å². The Morgan fingerprint density at radius 3 is 2.95 bits per heavy atom. The van der Waals surface area contributed by atoms with Crippen LogP contribution in [-0.2, 0) is 10.0 Å². The van der Waals surface area contributed by atoms with Crippen LogP contribution in [0.5, 0.6) is 5.75 Å². The minimum atomic E-state index is -3.73. The van der Waals surface area contributed by atoms with Crippen LogP contribution in [0.15, 0.2) is 46.7 Å². The van der Waals surface area contributed by atoms with Gasteiger partial charge in [-0.25, -0.2) is 0 Å². The van der Waals surface area contributed by atoms with Gasteiger partial charge in [-0.2, -0.15) is 13.5 Å². The van der Waals surface area contributed by atoms with Crippen molar-refractivity contribution in [1.82, 2.24) is 10.2 Å². The van der Waals surface area contributed by atoms with Gasteiger partial charge in [-0.15, -0.1) is 0 Å². The van der Waals surface area contributed by atoms with Crippen molar-refractivity contribution in [2.75, 3.05) is 11.3 Å². The lowest BCUT2D eigenvalue weighted by atomic mass is 10.3. The first-order valence-electron chi connectivity index (χ1n) is 5.73. The second-order valence-electron chi connectivity index (χ2n) is 3.93. The largest absolute Gasteiger partial charge is 0.485 e. The summed E-state index contributed by atoms with van der Waals surface area (Å²) in [6.07, 6.45) is 1.34. The molecule has 0 aliphatic heterocycles. The highest BCUT2D eigenvalue weighted by atomic mass is 32.2. The lowest BCUT2D eigenvalue weighted by Crippen LogP contribution is -2.20. The van der Waals surface area contributed by atoms with Crippen LogP contribution in [0.2, 0.25) is 0 Å². The van der Waals surface area contributed by atoms with E-state index in [1.165, 1.54) is 18.3 Å². The molecule has 0 atom stereocenters. The number of hydrogen-bond donors (Lipinski definition) is 4. The van der Waals surface area contributed by atoms with Gasteiger partial charge in [0.2, 0.25) is 0 Å². The van der Waals surface area contributed by atoms with Gasteiger partial charge in [-0.05, 0) is 18.2 Å². The van der Waals surface area contributed by atoms with Crippen LogP contribution in [-0.4, -0.2) is 36.3 Å². The molecule has 1 aromatic heterocycles. The highest BCUT2D eigenvalue weighted by Gasteiger charge is 2.15. The van der Waals surface area contributed by atoms with Crippen LogP contribution in [0.1, 0.15) is 0 Å². The van der Waals surface area contributed by atoms with Crippen molar-refractivity contribution in [2.24, 2.45) is 10.9 Å². The number of nitrogens with one attached hydrogen (secondary N) is 2. The van der Waals surface area contributed by atoms with E-state index >= 15 is 0 Å². The Morgan fingerprint density at radius 1 is 1.48 bits per heavy atom. The maximum Gasteiger partial charge on any atom is 0.278 e. The number of benzene rings is 1. The quantitative estimate of drug-likeness (QED) is 0.262. The van der Waals surface area contributed by atoms with E-state index in [-0.39, 0.29) is 17.5 Å². The molecule has 0 unspecified atom stereocenters. The molecule has 0 aliphatic rings. The molecule has 0 radical (unpaired) electrons. The summed E-state index contributed by atoms with van der Waals surface area (Å²) in [6, 6.07) is 7.58. The molecule has 0 saturated carbocycles. The molecule has 10 heteroatoms. The second-order valence-corrected chi connectivity index (χ2v) is 5.59. The van der Waals surface area contributed by atoms with Crippen molar-refractivity contribution in [2.45, 2.75) is 5.03 Å². The van der Waals surface area contributed by atoms with Crippen molar-refractivity contribution in [3.05, 3.63) is 36.5 Å². The topological polar surface area (TPSA) is 143 Å². The summed E-state index contributed by atoms with van der Waals surface area (Å²) in [7, 11) is -3.73. The number of aromatic amines is 1. The molecule has 1 aromatic carbocycles. The smallest absolute Gasteiger partial charge is 0.278 e. The van der Waals surface area contributed by atoms with E-state index in [0.717, 1.165) is 0 Å². The summed E-state index contributed by atoms with van der Waals surface area (Å²) in [5, 5.41) is 17.1. The molecule has 0 fully saturated rings. The number of anilines is 1. The van der Waals surface area contributed by atoms with E-state index in [2.05, 4.69) is 20.1 Å². The van der Waals surface area contributed by atoms with E-state index in [1.807, 2.05) is 0 Å². The molecule has 2 aromatic rings. The monoisotopic (exact) mass is 311 g/mol. The average molecular weight is 311 g/mol. The number of rotatable bonds is 6. The van der Waals surface area contributed by atoms with Gasteiger partial charge in [0.15, 0.2) is 10.9 Å². The average Bonchev–Trinajstić information content (AvgIpc) is 2.99. The zero-order chi connectivity index (χ0) is 15.3. The number of H-pyrrole nitrogens is 1. The minimum absolute atomic E-state index is 0.0505. The Morgan fingerprint density at radius 2 is 2.29 bits per heavy atom. The number of sulfonamides is 1. The lowest BCUT2D eigenvalue weighted by Gasteiger charge is -2.09. The van der Waals surface area contributed by atoms with Gasteiger partial charge in [0.1, 0.15) is 12.4 Å². The summed E-state index contributed by atoms with van der Waals surface area (Å²) in [6.45, 7) is -0.118. The zero-order valence-corrected chi connectivity index (χ0v) is 11.5. The molecule has 21 heavy (non-hydrogen) atoms. The van der Waals surface area contributed by atoms with Crippen molar-refractivity contribution >= 4 is 21.5 Å². The number of nitrogens with two attached hydrogens (primary N) is 1. The van der Waals surface area contributed by atoms with E-state index in [4.69, 9.17) is 15.7 Å². The molecule has 0 amide bonds. The van der Waals surface area contributed by atoms with Crippen molar-refractivity contribution < 1.29 is 18.4 Å². The molecule has 0 spiro atoms. The Kier molecular flexibility index (Phi) is 4.28. The predicted octanol–water partition coefficient (Wildman–Crippen LogP) is 0.336. The third-order valence-corrected chi connectivity index (χ3v) is 3.68. The molecule has 5 N–H and O–H groups in total. The van der Waals surface area contributed by atoms with E-state index < -0.39 is 10.0 Å². The normalized spacial score (nSPS) is 12.1. The molecule has 0 saturated heterocycles. The lowest BCUT2D eigenvalue weighted by molar-refractivity contribution is 0.306. The fourth-order valence-electron chi connectivity index (χ4n) is 1.44. The molecular formula is C11H13N5O4S. The second kappa shape index (κ2) is 6.13. The van der Waals surface area contributed by atoms with E-state index in [0.29, 0.717) is 11.4 Å². The van der Waals surface area contributed by atoms with Gasteiger partial charge in [0.05, 0.1) is 11.9 Å². The number of oxime groups is 1. The predicted molar refractivity (Wildman–Crippen MR) is 74.7 cm³/mol. The fourth-order valence-corrected chi connectivity index (χ4v) is 2.40. The zero-order valence-electron chi connectivity index (χ0n) is 10.7. The third-order valence-electron chi connectivity index (χ3n) is 2.37. The maximum atomic E-state index is 12.0. The highest BCUT2D eigenvalue weighted by molar-refractivity contribution is 7.92. The van der Waals surface area contributed by atoms with Crippen LogP contribution in [0.25, 0.3) is 0 Å². The van der Waals surface area contributed by atoms with Crippen LogP contribution in [0.3, 0.4) is 0 Å². The van der Waals surface area contributed by atoms with Crippen LogP contribution in [0.4, 0.5) is 5.69 Å². The number of hydrogen-bond acceptors (Lipinski definition) is 6. The van der Waals surface area contributed by atoms with Crippen LogP contribution < -0.4 is 15.2 Å².